The van der Waals surface area contributed by atoms with E-state index >= 15 is 0 Å². The van der Waals surface area contributed by atoms with Crippen LogP contribution in [0.5, 0.6) is 5.75 Å². The Morgan fingerprint density at radius 1 is 1.24 bits per heavy atom. The fourth-order valence-electron chi connectivity index (χ4n) is 2.90. The molecule has 6 heteroatoms. The third kappa shape index (κ3) is 6.49. The van der Waals surface area contributed by atoms with Crippen LogP contribution in [0.1, 0.15) is 25.8 Å². The van der Waals surface area contributed by atoms with Gasteiger partial charge in [0.25, 0.3) is 0 Å². The monoisotopic (exact) mass is 368 g/mol. The van der Waals surface area contributed by atoms with Gasteiger partial charge in [0.2, 0.25) is 5.91 Å². The van der Waals surface area contributed by atoms with E-state index in [2.05, 4.69) is 18.7 Å². The number of methoxy groups -OCH3 is 1. The SMILES string of the molecule is COc1ccc(Cl)cc1CN1CCN(C(=O)CCOCC(C)C)CC1. The first-order chi connectivity index (χ1) is 12.0. The summed E-state index contributed by atoms with van der Waals surface area (Å²) in [5.74, 6) is 1.54. The topological polar surface area (TPSA) is 42.0 Å². The molecule has 0 aromatic heterocycles. The van der Waals surface area contributed by atoms with Gasteiger partial charge in [-0.25, -0.2) is 0 Å². The molecule has 140 valence electrons. The third-order valence-electron chi connectivity index (χ3n) is 4.27. The van der Waals surface area contributed by atoms with Gasteiger partial charge in [-0.05, 0) is 24.1 Å². The maximum absolute atomic E-state index is 12.2. The number of rotatable bonds is 8. The lowest BCUT2D eigenvalue weighted by atomic mass is 10.1. The summed E-state index contributed by atoms with van der Waals surface area (Å²) in [5, 5.41) is 0.714. The Hall–Kier alpha value is -1.30. The van der Waals surface area contributed by atoms with Gasteiger partial charge in [-0.3, -0.25) is 9.69 Å². The lowest BCUT2D eigenvalue weighted by molar-refractivity contribution is -0.134. The Morgan fingerprint density at radius 2 is 1.96 bits per heavy atom. The Kier molecular flexibility index (Phi) is 8.00. The molecule has 1 amide bonds. The molecule has 1 aromatic carbocycles. The van der Waals surface area contributed by atoms with Crippen molar-refractivity contribution in [3.05, 3.63) is 28.8 Å². The molecule has 0 saturated carbocycles. The molecule has 0 spiro atoms. The molecule has 0 bridgehead atoms. The van der Waals surface area contributed by atoms with Crippen molar-refractivity contribution >= 4 is 17.5 Å². The predicted octanol–water partition coefficient (Wildman–Crippen LogP) is 3.06. The maximum atomic E-state index is 12.2. The molecule has 1 aliphatic rings. The van der Waals surface area contributed by atoms with Gasteiger partial charge in [-0.15, -0.1) is 0 Å². The Balaban J connectivity index is 1.76. The molecular formula is C19H29ClN2O3. The molecule has 1 aliphatic heterocycles. The number of piperazine rings is 1. The van der Waals surface area contributed by atoms with E-state index in [1.807, 2.05) is 23.1 Å². The lowest BCUT2D eigenvalue weighted by Gasteiger charge is -2.35. The first-order valence-electron chi connectivity index (χ1n) is 8.90. The third-order valence-corrected chi connectivity index (χ3v) is 4.51. The van der Waals surface area contributed by atoms with E-state index in [1.165, 1.54) is 0 Å². The number of hydrogen-bond acceptors (Lipinski definition) is 4. The normalized spacial score (nSPS) is 15.6. The second-order valence-corrected chi connectivity index (χ2v) is 7.27. The van der Waals surface area contributed by atoms with Gasteiger partial charge in [0.05, 0.1) is 20.1 Å². The minimum Gasteiger partial charge on any atom is -0.496 e. The zero-order valence-electron chi connectivity index (χ0n) is 15.5. The molecule has 0 N–H and O–H groups in total. The number of amides is 1. The van der Waals surface area contributed by atoms with Gasteiger partial charge < -0.3 is 14.4 Å². The average Bonchev–Trinajstić information content (AvgIpc) is 2.59. The minimum atomic E-state index is 0.184. The summed E-state index contributed by atoms with van der Waals surface area (Å²) < 4.78 is 10.9. The molecule has 25 heavy (non-hydrogen) atoms. The van der Waals surface area contributed by atoms with Crippen LogP contribution in [0.25, 0.3) is 0 Å². The van der Waals surface area contributed by atoms with Crippen molar-refractivity contribution in [3.8, 4) is 5.75 Å². The Morgan fingerprint density at radius 3 is 2.60 bits per heavy atom. The Labute approximate surface area is 155 Å². The summed E-state index contributed by atoms with van der Waals surface area (Å²) in [5.41, 5.74) is 1.08. The van der Waals surface area contributed by atoms with Crippen LogP contribution in [0.15, 0.2) is 18.2 Å². The van der Waals surface area contributed by atoms with E-state index in [-0.39, 0.29) is 5.91 Å². The van der Waals surface area contributed by atoms with Crippen molar-refractivity contribution in [2.24, 2.45) is 5.92 Å². The van der Waals surface area contributed by atoms with Crippen LogP contribution in [-0.2, 0) is 16.1 Å². The van der Waals surface area contributed by atoms with E-state index < -0.39 is 0 Å². The lowest BCUT2D eigenvalue weighted by Crippen LogP contribution is -2.48. The first kappa shape index (κ1) is 20.0. The van der Waals surface area contributed by atoms with E-state index in [0.717, 1.165) is 44.0 Å². The maximum Gasteiger partial charge on any atom is 0.224 e. The summed E-state index contributed by atoms with van der Waals surface area (Å²) in [4.78, 5) is 16.5. The molecule has 2 rings (SSSR count). The van der Waals surface area contributed by atoms with Crippen LogP contribution in [0.4, 0.5) is 0 Å². The number of benzene rings is 1. The minimum absolute atomic E-state index is 0.184. The molecule has 0 aliphatic carbocycles. The molecule has 1 heterocycles. The van der Waals surface area contributed by atoms with Crippen LogP contribution in [0.3, 0.4) is 0 Å². The van der Waals surface area contributed by atoms with Crippen molar-refractivity contribution in [2.75, 3.05) is 46.5 Å². The van der Waals surface area contributed by atoms with E-state index in [0.29, 0.717) is 30.6 Å². The summed E-state index contributed by atoms with van der Waals surface area (Å²) >= 11 is 6.10. The van der Waals surface area contributed by atoms with Crippen LogP contribution < -0.4 is 4.74 Å². The van der Waals surface area contributed by atoms with Crippen LogP contribution in [-0.4, -0.2) is 62.2 Å². The highest BCUT2D eigenvalue weighted by molar-refractivity contribution is 6.30. The highest BCUT2D eigenvalue weighted by Gasteiger charge is 2.21. The van der Waals surface area contributed by atoms with Gasteiger partial charge in [-0.1, -0.05) is 25.4 Å². The first-order valence-corrected chi connectivity index (χ1v) is 9.27. The van der Waals surface area contributed by atoms with E-state index in [4.69, 9.17) is 21.1 Å². The van der Waals surface area contributed by atoms with Crippen LogP contribution >= 0.6 is 11.6 Å². The van der Waals surface area contributed by atoms with Crippen molar-refractivity contribution in [1.82, 2.24) is 9.80 Å². The van der Waals surface area contributed by atoms with Crippen molar-refractivity contribution in [3.63, 3.8) is 0 Å². The molecular weight excluding hydrogens is 340 g/mol. The second-order valence-electron chi connectivity index (χ2n) is 6.83. The number of nitrogens with zero attached hydrogens (tertiary/aromatic N) is 2. The van der Waals surface area contributed by atoms with Gasteiger partial charge in [0, 0.05) is 49.9 Å². The number of ether oxygens (including phenoxy) is 2. The molecule has 1 saturated heterocycles. The van der Waals surface area contributed by atoms with Crippen molar-refractivity contribution in [2.45, 2.75) is 26.8 Å². The fraction of sp³-hybridized carbons (Fsp3) is 0.632. The van der Waals surface area contributed by atoms with Gasteiger partial charge in [-0.2, -0.15) is 0 Å². The van der Waals surface area contributed by atoms with Crippen molar-refractivity contribution < 1.29 is 14.3 Å². The quantitative estimate of drug-likeness (QED) is 0.661. The molecule has 1 fully saturated rings. The van der Waals surface area contributed by atoms with Gasteiger partial charge >= 0.3 is 0 Å². The van der Waals surface area contributed by atoms with Crippen LogP contribution in [0, 0.1) is 5.92 Å². The largest absolute Gasteiger partial charge is 0.496 e. The highest BCUT2D eigenvalue weighted by atomic mass is 35.5. The molecule has 0 atom stereocenters. The summed E-state index contributed by atoms with van der Waals surface area (Å²) in [6.07, 6.45) is 0.467. The second kappa shape index (κ2) is 10.00. The average molecular weight is 369 g/mol. The molecule has 1 aromatic rings. The smallest absolute Gasteiger partial charge is 0.224 e. The van der Waals surface area contributed by atoms with E-state index in [1.54, 1.807) is 7.11 Å². The van der Waals surface area contributed by atoms with Gasteiger partial charge in [0.1, 0.15) is 5.75 Å². The molecule has 5 nitrogen and oxygen atoms in total. The number of halogens is 1. The summed E-state index contributed by atoms with van der Waals surface area (Å²) in [7, 11) is 1.67. The predicted molar refractivity (Wildman–Crippen MR) is 100 cm³/mol. The number of carbonyl (C=O) groups is 1. The fourth-order valence-corrected chi connectivity index (χ4v) is 3.10. The summed E-state index contributed by atoms with van der Waals surface area (Å²) in [6.45, 7) is 9.44. The zero-order valence-corrected chi connectivity index (χ0v) is 16.2. The molecule has 0 radical (unpaired) electrons. The number of carbonyl (C=O) groups excluding carboxylic acids is 1. The van der Waals surface area contributed by atoms with E-state index in [9.17, 15) is 4.79 Å². The van der Waals surface area contributed by atoms with Crippen molar-refractivity contribution in [1.29, 1.82) is 0 Å². The summed E-state index contributed by atoms with van der Waals surface area (Å²) in [6, 6.07) is 5.68. The number of hydrogen-bond donors (Lipinski definition) is 0. The Bertz CT molecular complexity index is 558. The standard InChI is InChI=1S/C19H29ClN2O3/c1-15(2)14-25-11-6-19(23)22-9-7-21(8-10-22)13-16-12-17(20)4-5-18(16)24-3/h4-5,12,15H,6-11,13-14H2,1-3H3. The van der Waals surface area contributed by atoms with Crippen LogP contribution in [0.2, 0.25) is 5.02 Å². The zero-order chi connectivity index (χ0) is 18.2. The molecule has 0 unspecified atom stereocenters. The highest BCUT2D eigenvalue weighted by Crippen LogP contribution is 2.24. The van der Waals surface area contributed by atoms with Gasteiger partial charge in [0.15, 0.2) is 0 Å².